The van der Waals surface area contributed by atoms with Crippen LogP contribution in [0.3, 0.4) is 0 Å². The normalized spacial score (nSPS) is 14.8. The zero-order chi connectivity index (χ0) is 21.1. The van der Waals surface area contributed by atoms with E-state index in [1.165, 1.54) is 0 Å². The van der Waals surface area contributed by atoms with Gasteiger partial charge in [0.2, 0.25) is 0 Å². The predicted molar refractivity (Wildman–Crippen MR) is 112 cm³/mol. The summed E-state index contributed by atoms with van der Waals surface area (Å²) in [5.74, 6) is 0.0695. The molecular weight excluding hydrogens is 364 g/mol. The molecule has 1 aliphatic heterocycles. The molecule has 0 N–H and O–H groups in total. The monoisotopic (exact) mass is 392 g/mol. The van der Waals surface area contributed by atoms with Gasteiger partial charge in [-0.3, -0.25) is 14.5 Å². The van der Waals surface area contributed by atoms with E-state index in [0.717, 1.165) is 17.0 Å². The standard InChI is InChI=1S/C23H28N4O2/c1-16(2)27-17(3)12-21(18(27)4)22(28)15-25-8-10-26(11-9-25)23(29)20-7-5-6-19(13-20)14-24/h5-7,12-13,16H,8-11,15H2,1-4H3. The first kappa shape index (κ1) is 20.8. The van der Waals surface area contributed by atoms with Crippen LogP contribution >= 0.6 is 0 Å². The second-order valence-electron chi connectivity index (χ2n) is 7.93. The van der Waals surface area contributed by atoms with E-state index in [-0.39, 0.29) is 11.7 Å². The Morgan fingerprint density at radius 2 is 1.79 bits per heavy atom. The topological polar surface area (TPSA) is 69.3 Å². The Morgan fingerprint density at radius 1 is 1.10 bits per heavy atom. The minimum atomic E-state index is -0.0615. The van der Waals surface area contributed by atoms with E-state index in [1.54, 1.807) is 29.2 Å². The first-order valence-corrected chi connectivity index (χ1v) is 10.0. The van der Waals surface area contributed by atoms with E-state index >= 15 is 0 Å². The smallest absolute Gasteiger partial charge is 0.253 e. The van der Waals surface area contributed by atoms with Crippen LogP contribution < -0.4 is 0 Å². The summed E-state index contributed by atoms with van der Waals surface area (Å²) in [7, 11) is 0. The molecule has 1 fully saturated rings. The maximum Gasteiger partial charge on any atom is 0.253 e. The van der Waals surface area contributed by atoms with Gasteiger partial charge in [0.15, 0.2) is 5.78 Å². The number of nitriles is 1. The fraction of sp³-hybridized carbons (Fsp3) is 0.435. The lowest BCUT2D eigenvalue weighted by molar-refractivity contribution is 0.0624. The highest BCUT2D eigenvalue weighted by Gasteiger charge is 2.25. The number of rotatable bonds is 5. The lowest BCUT2D eigenvalue weighted by Gasteiger charge is -2.34. The third-order valence-corrected chi connectivity index (χ3v) is 5.57. The number of aryl methyl sites for hydroxylation is 1. The first-order valence-electron chi connectivity index (χ1n) is 10.0. The van der Waals surface area contributed by atoms with Crippen molar-refractivity contribution in [1.82, 2.24) is 14.4 Å². The fourth-order valence-electron chi connectivity index (χ4n) is 4.16. The van der Waals surface area contributed by atoms with Crippen molar-refractivity contribution >= 4 is 11.7 Å². The number of amides is 1. The van der Waals surface area contributed by atoms with Crippen LogP contribution in [0.15, 0.2) is 30.3 Å². The van der Waals surface area contributed by atoms with E-state index in [2.05, 4.69) is 29.4 Å². The molecule has 0 bridgehead atoms. The molecule has 0 spiro atoms. The Kier molecular flexibility index (Phi) is 6.19. The summed E-state index contributed by atoms with van der Waals surface area (Å²) in [4.78, 5) is 29.5. The SMILES string of the molecule is Cc1cc(C(=O)CN2CCN(C(=O)c3cccc(C#N)c3)CC2)c(C)n1C(C)C. The lowest BCUT2D eigenvalue weighted by atomic mass is 10.1. The molecule has 1 aromatic carbocycles. The fourth-order valence-corrected chi connectivity index (χ4v) is 4.16. The summed E-state index contributed by atoms with van der Waals surface area (Å²) in [6.45, 7) is 11.1. The van der Waals surface area contributed by atoms with Gasteiger partial charge in [-0.15, -0.1) is 0 Å². The second kappa shape index (κ2) is 8.62. The van der Waals surface area contributed by atoms with Crippen LogP contribution in [0.5, 0.6) is 0 Å². The largest absolute Gasteiger partial charge is 0.346 e. The highest BCUT2D eigenvalue weighted by molar-refractivity contribution is 5.99. The van der Waals surface area contributed by atoms with Crippen molar-refractivity contribution in [3.8, 4) is 6.07 Å². The molecule has 0 unspecified atom stereocenters. The van der Waals surface area contributed by atoms with Crippen molar-refractivity contribution in [3.05, 3.63) is 58.4 Å². The molecule has 3 rings (SSSR count). The Labute approximate surface area is 172 Å². The number of hydrogen-bond donors (Lipinski definition) is 0. The second-order valence-corrected chi connectivity index (χ2v) is 7.93. The van der Waals surface area contributed by atoms with E-state index in [1.807, 2.05) is 19.9 Å². The van der Waals surface area contributed by atoms with Gasteiger partial charge in [0.1, 0.15) is 0 Å². The number of benzene rings is 1. The summed E-state index contributed by atoms with van der Waals surface area (Å²) < 4.78 is 2.19. The first-order chi connectivity index (χ1) is 13.8. The number of carbonyl (C=O) groups excluding carboxylic acids is 2. The van der Waals surface area contributed by atoms with Crippen molar-refractivity contribution < 1.29 is 9.59 Å². The average Bonchev–Trinajstić information content (AvgIpc) is 3.02. The number of hydrogen-bond acceptors (Lipinski definition) is 4. The van der Waals surface area contributed by atoms with Crippen molar-refractivity contribution in [2.45, 2.75) is 33.7 Å². The Morgan fingerprint density at radius 3 is 2.38 bits per heavy atom. The minimum absolute atomic E-state index is 0.0615. The van der Waals surface area contributed by atoms with Gasteiger partial charge in [-0.25, -0.2) is 0 Å². The van der Waals surface area contributed by atoms with Gasteiger partial charge < -0.3 is 9.47 Å². The molecule has 1 saturated heterocycles. The Hall–Kier alpha value is -2.91. The molecule has 29 heavy (non-hydrogen) atoms. The third-order valence-electron chi connectivity index (χ3n) is 5.57. The predicted octanol–water partition coefficient (Wildman–Crippen LogP) is 3.20. The molecule has 6 nitrogen and oxygen atoms in total. The van der Waals surface area contributed by atoms with Crippen LogP contribution in [0.2, 0.25) is 0 Å². The third kappa shape index (κ3) is 4.41. The molecule has 2 heterocycles. The molecule has 1 aliphatic rings. The van der Waals surface area contributed by atoms with Gasteiger partial charge in [0.05, 0.1) is 18.2 Å². The molecule has 0 radical (unpaired) electrons. The summed E-state index contributed by atoms with van der Waals surface area (Å²) >= 11 is 0. The average molecular weight is 393 g/mol. The molecule has 0 atom stereocenters. The van der Waals surface area contributed by atoms with Crippen LogP contribution in [0.4, 0.5) is 0 Å². The van der Waals surface area contributed by atoms with Gasteiger partial charge in [-0.05, 0) is 52.0 Å². The lowest BCUT2D eigenvalue weighted by Crippen LogP contribution is -2.49. The summed E-state index contributed by atoms with van der Waals surface area (Å²) in [6, 6.07) is 11.2. The van der Waals surface area contributed by atoms with E-state index in [4.69, 9.17) is 5.26 Å². The van der Waals surface area contributed by atoms with Crippen LogP contribution in [0, 0.1) is 25.2 Å². The van der Waals surface area contributed by atoms with Crippen molar-refractivity contribution in [2.75, 3.05) is 32.7 Å². The van der Waals surface area contributed by atoms with Gasteiger partial charge in [0.25, 0.3) is 5.91 Å². The van der Waals surface area contributed by atoms with Gasteiger partial charge >= 0.3 is 0 Å². The highest BCUT2D eigenvalue weighted by atomic mass is 16.2. The molecule has 0 saturated carbocycles. The number of piperazine rings is 1. The van der Waals surface area contributed by atoms with Crippen molar-refractivity contribution in [3.63, 3.8) is 0 Å². The molecule has 1 amide bonds. The highest BCUT2D eigenvalue weighted by Crippen LogP contribution is 2.21. The zero-order valence-corrected chi connectivity index (χ0v) is 17.6. The van der Waals surface area contributed by atoms with Crippen LogP contribution in [0.1, 0.15) is 57.6 Å². The van der Waals surface area contributed by atoms with Crippen LogP contribution in [-0.2, 0) is 0 Å². The molecule has 6 heteroatoms. The maximum absolute atomic E-state index is 12.9. The number of ketones is 1. The summed E-state index contributed by atoms with van der Waals surface area (Å²) in [5.41, 5.74) is 3.95. The van der Waals surface area contributed by atoms with Crippen LogP contribution in [0.25, 0.3) is 0 Å². The quantitative estimate of drug-likeness (QED) is 0.733. The van der Waals surface area contributed by atoms with Crippen molar-refractivity contribution in [1.29, 1.82) is 5.26 Å². The number of Topliss-reactive ketones (excluding diaryl/α,β-unsaturated/α-hetero) is 1. The van der Waals surface area contributed by atoms with Crippen LogP contribution in [-0.4, -0.2) is 58.8 Å². The molecule has 1 aromatic heterocycles. The van der Waals surface area contributed by atoms with E-state index in [9.17, 15) is 9.59 Å². The number of nitrogens with zero attached hydrogens (tertiary/aromatic N) is 4. The van der Waals surface area contributed by atoms with Gasteiger partial charge in [-0.1, -0.05) is 6.07 Å². The maximum atomic E-state index is 12.9. The van der Waals surface area contributed by atoms with Gasteiger partial charge in [0, 0.05) is 54.7 Å². The molecule has 2 aromatic rings. The molecule has 0 aliphatic carbocycles. The molecular formula is C23H28N4O2. The zero-order valence-electron chi connectivity index (χ0n) is 17.6. The van der Waals surface area contributed by atoms with Crippen molar-refractivity contribution in [2.24, 2.45) is 0 Å². The molecule has 152 valence electrons. The number of aromatic nitrogens is 1. The minimum Gasteiger partial charge on any atom is -0.346 e. The number of carbonyl (C=O) groups is 2. The Bertz CT molecular complexity index is 960. The summed E-state index contributed by atoms with van der Waals surface area (Å²) in [5, 5.41) is 9.02. The Balaban J connectivity index is 1.60. The van der Waals surface area contributed by atoms with E-state index in [0.29, 0.717) is 49.9 Å². The van der Waals surface area contributed by atoms with Gasteiger partial charge in [-0.2, -0.15) is 5.26 Å². The van der Waals surface area contributed by atoms with E-state index < -0.39 is 0 Å². The summed E-state index contributed by atoms with van der Waals surface area (Å²) in [6.07, 6.45) is 0.